The standard InChI is InChI=1S/C27H34N6O2S/c1-6-27(13-35-5)21(36)8-7-11-32(27)19-12-18-22-24(28)29-14-30-26(22)33(25(18)31-17(19)4)23-15(2)9-10-20(34)16(23)3/h9-10,12,14,21,34,36H,6-8,11,13H2,1-5H3,(H2,28,29,30). The van der Waals surface area contributed by atoms with Gasteiger partial charge >= 0.3 is 0 Å². The van der Waals surface area contributed by atoms with Crippen molar-refractivity contribution in [3.63, 3.8) is 0 Å². The second-order valence-electron chi connectivity index (χ2n) is 9.83. The predicted octanol–water partition coefficient (Wildman–Crippen LogP) is 4.88. The maximum Gasteiger partial charge on any atom is 0.152 e. The summed E-state index contributed by atoms with van der Waals surface area (Å²) in [6.07, 6.45) is 4.47. The number of nitrogen functional groups attached to an aromatic ring is 1. The number of phenolic OH excluding ortho intramolecular Hbond substituents is 1. The van der Waals surface area contributed by atoms with Gasteiger partial charge in [0.2, 0.25) is 0 Å². The molecule has 2 unspecified atom stereocenters. The summed E-state index contributed by atoms with van der Waals surface area (Å²) < 4.78 is 7.74. The van der Waals surface area contributed by atoms with E-state index in [0.29, 0.717) is 18.1 Å². The molecule has 0 saturated carbocycles. The molecular weight excluding hydrogens is 472 g/mol. The SMILES string of the molecule is CCC1(COC)C(S)CCCN1c1cc2c3c(N)ncnc3n(-c3c(C)ccc(O)c3C)c2nc1C. The van der Waals surface area contributed by atoms with Crippen molar-refractivity contribution in [2.75, 3.05) is 30.9 Å². The van der Waals surface area contributed by atoms with Crippen LogP contribution in [-0.4, -0.2) is 55.7 Å². The van der Waals surface area contributed by atoms with Gasteiger partial charge in [-0.3, -0.25) is 4.57 Å². The van der Waals surface area contributed by atoms with E-state index in [1.54, 1.807) is 13.2 Å². The third-order valence-corrected chi connectivity index (χ3v) is 8.60. The number of piperidine rings is 1. The molecule has 1 aromatic carbocycles. The van der Waals surface area contributed by atoms with Crippen LogP contribution in [0.4, 0.5) is 11.5 Å². The van der Waals surface area contributed by atoms with Gasteiger partial charge in [-0.2, -0.15) is 12.6 Å². The van der Waals surface area contributed by atoms with Crippen LogP contribution in [0.3, 0.4) is 0 Å². The molecule has 9 heteroatoms. The molecule has 0 amide bonds. The highest BCUT2D eigenvalue weighted by Gasteiger charge is 2.44. The Kier molecular flexibility index (Phi) is 6.24. The molecule has 0 aliphatic carbocycles. The lowest BCUT2D eigenvalue weighted by atomic mass is 9.83. The minimum absolute atomic E-state index is 0.179. The second-order valence-corrected chi connectivity index (χ2v) is 10.5. The molecule has 1 saturated heterocycles. The van der Waals surface area contributed by atoms with Crippen molar-refractivity contribution in [1.29, 1.82) is 0 Å². The summed E-state index contributed by atoms with van der Waals surface area (Å²) in [6.45, 7) is 9.66. The van der Waals surface area contributed by atoms with Crippen LogP contribution in [0.25, 0.3) is 27.8 Å². The van der Waals surface area contributed by atoms with Crippen molar-refractivity contribution in [2.24, 2.45) is 0 Å². The van der Waals surface area contributed by atoms with Crippen LogP contribution in [0.15, 0.2) is 24.5 Å². The van der Waals surface area contributed by atoms with Gasteiger partial charge in [-0.25, -0.2) is 15.0 Å². The molecule has 36 heavy (non-hydrogen) atoms. The first kappa shape index (κ1) is 24.6. The van der Waals surface area contributed by atoms with Crippen LogP contribution in [-0.2, 0) is 4.74 Å². The Balaban J connectivity index is 1.85. The molecule has 2 atom stereocenters. The summed E-state index contributed by atoms with van der Waals surface area (Å²) in [5.74, 6) is 0.626. The Bertz CT molecular complexity index is 1470. The Morgan fingerprint density at radius 3 is 2.72 bits per heavy atom. The molecule has 3 aromatic heterocycles. The normalized spacial score (nSPS) is 20.5. The van der Waals surface area contributed by atoms with Gasteiger partial charge < -0.3 is 20.5 Å². The minimum atomic E-state index is -0.241. The average Bonchev–Trinajstić information content (AvgIpc) is 3.17. The monoisotopic (exact) mass is 506 g/mol. The zero-order chi connectivity index (χ0) is 25.8. The van der Waals surface area contributed by atoms with Crippen molar-refractivity contribution in [2.45, 2.75) is 57.7 Å². The number of benzene rings is 1. The van der Waals surface area contributed by atoms with Crippen molar-refractivity contribution >= 4 is 46.2 Å². The number of phenols is 1. The molecule has 1 aliphatic rings. The van der Waals surface area contributed by atoms with Crippen molar-refractivity contribution < 1.29 is 9.84 Å². The fourth-order valence-electron chi connectivity index (χ4n) is 5.94. The lowest BCUT2D eigenvalue weighted by Crippen LogP contribution is -2.61. The quantitative estimate of drug-likeness (QED) is 0.332. The smallest absolute Gasteiger partial charge is 0.152 e. The zero-order valence-corrected chi connectivity index (χ0v) is 22.4. The first-order valence-electron chi connectivity index (χ1n) is 12.4. The number of fused-ring (bicyclic) bond motifs is 3. The molecule has 0 spiro atoms. The highest BCUT2D eigenvalue weighted by atomic mass is 32.1. The van der Waals surface area contributed by atoms with Gasteiger partial charge in [0.25, 0.3) is 0 Å². The molecule has 1 fully saturated rings. The van der Waals surface area contributed by atoms with E-state index >= 15 is 0 Å². The fourth-order valence-corrected chi connectivity index (χ4v) is 6.51. The van der Waals surface area contributed by atoms with E-state index in [1.807, 2.05) is 31.4 Å². The minimum Gasteiger partial charge on any atom is -0.508 e. The first-order chi connectivity index (χ1) is 17.2. The van der Waals surface area contributed by atoms with Gasteiger partial charge in [-0.1, -0.05) is 13.0 Å². The topological polar surface area (TPSA) is 102 Å². The van der Waals surface area contributed by atoms with E-state index in [0.717, 1.165) is 70.4 Å². The molecule has 4 heterocycles. The van der Waals surface area contributed by atoms with Gasteiger partial charge in [0.1, 0.15) is 23.5 Å². The number of aryl methyl sites for hydroxylation is 2. The third-order valence-electron chi connectivity index (χ3n) is 7.86. The van der Waals surface area contributed by atoms with Crippen molar-refractivity contribution in [3.8, 4) is 11.4 Å². The number of anilines is 2. The summed E-state index contributed by atoms with van der Waals surface area (Å²) in [7, 11) is 1.75. The number of aromatic hydroxyl groups is 1. The summed E-state index contributed by atoms with van der Waals surface area (Å²) in [5.41, 5.74) is 12.2. The average molecular weight is 507 g/mol. The number of hydrogen-bond acceptors (Lipinski definition) is 8. The van der Waals surface area contributed by atoms with Crippen LogP contribution < -0.4 is 10.6 Å². The van der Waals surface area contributed by atoms with E-state index < -0.39 is 0 Å². The van der Waals surface area contributed by atoms with Gasteiger partial charge in [-0.15, -0.1) is 0 Å². The largest absolute Gasteiger partial charge is 0.508 e. The van der Waals surface area contributed by atoms with Crippen LogP contribution in [0.2, 0.25) is 0 Å². The summed E-state index contributed by atoms with van der Waals surface area (Å²) in [4.78, 5) is 16.5. The number of nitrogens with zero attached hydrogens (tertiary/aromatic N) is 5. The molecule has 190 valence electrons. The second kappa shape index (κ2) is 9.12. The van der Waals surface area contributed by atoms with E-state index in [9.17, 15) is 5.11 Å². The highest BCUT2D eigenvalue weighted by molar-refractivity contribution is 7.81. The molecule has 0 bridgehead atoms. The Morgan fingerprint density at radius 2 is 2.00 bits per heavy atom. The number of methoxy groups -OCH3 is 1. The van der Waals surface area contributed by atoms with Gasteiger partial charge in [-0.05, 0) is 57.7 Å². The van der Waals surface area contributed by atoms with Gasteiger partial charge in [0, 0.05) is 29.9 Å². The van der Waals surface area contributed by atoms with Gasteiger partial charge in [0.15, 0.2) is 5.65 Å². The highest BCUT2D eigenvalue weighted by Crippen LogP contribution is 2.43. The Hall–Kier alpha value is -3.04. The van der Waals surface area contributed by atoms with E-state index in [2.05, 4.69) is 27.9 Å². The van der Waals surface area contributed by atoms with E-state index in [-0.39, 0.29) is 16.5 Å². The van der Waals surface area contributed by atoms with Crippen LogP contribution in [0.5, 0.6) is 5.75 Å². The lowest BCUT2D eigenvalue weighted by molar-refractivity contribution is 0.111. The predicted molar refractivity (Wildman–Crippen MR) is 149 cm³/mol. The van der Waals surface area contributed by atoms with Crippen LogP contribution in [0.1, 0.15) is 43.0 Å². The maximum absolute atomic E-state index is 10.5. The van der Waals surface area contributed by atoms with Crippen molar-refractivity contribution in [1.82, 2.24) is 19.5 Å². The number of thiol groups is 1. The molecule has 5 rings (SSSR count). The Labute approximate surface area is 216 Å². The summed E-state index contributed by atoms with van der Waals surface area (Å²) in [5, 5.41) is 12.4. The number of hydrogen-bond donors (Lipinski definition) is 3. The van der Waals surface area contributed by atoms with Crippen molar-refractivity contribution in [3.05, 3.63) is 41.3 Å². The molecular formula is C27H34N6O2S. The maximum atomic E-state index is 10.5. The molecule has 0 radical (unpaired) electrons. The first-order valence-corrected chi connectivity index (χ1v) is 12.9. The lowest BCUT2D eigenvalue weighted by Gasteiger charge is -2.51. The fraction of sp³-hybridized carbons (Fsp3) is 0.444. The number of rotatable bonds is 5. The zero-order valence-electron chi connectivity index (χ0n) is 21.5. The number of aromatic nitrogens is 4. The summed E-state index contributed by atoms with van der Waals surface area (Å²) in [6, 6.07) is 5.80. The van der Waals surface area contributed by atoms with E-state index in [1.165, 1.54) is 6.33 Å². The van der Waals surface area contributed by atoms with Gasteiger partial charge in [0.05, 0.1) is 34.6 Å². The number of ether oxygens (including phenoxy) is 1. The van der Waals surface area contributed by atoms with E-state index in [4.69, 9.17) is 28.1 Å². The summed E-state index contributed by atoms with van der Waals surface area (Å²) >= 11 is 5.02. The number of nitrogens with two attached hydrogens (primary N) is 1. The number of pyridine rings is 1. The molecule has 3 N–H and O–H groups in total. The van der Waals surface area contributed by atoms with Crippen LogP contribution in [0, 0.1) is 20.8 Å². The van der Waals surface area contributed by atoms with Crippen LogP contribution >= 0.6 is 12.6 Å². The molecule has 8 nitrogen and oxygen atoms in total. The third kappa shape index (κ3) is 3.51. The molecule has 4 aromatic rings. The molecule has 1 aliphatic heterocycles. The Morgan fingerprint density at radius 1 is 1.22 bits per heavy atom.